The van der Waals surface area contributed by atoms with Crippen LogP contribution < -0.4 is 10.1 Å². The van der Waals surface area contributed by atoms with E-state index in [0.29, 0.717) is 12.6 Å². The van der Waals surface area contributed by atoms with Crippen molar-refractivity contribution in [3.05, 3.63) is 29.8 Å². The first-order valence-corrected chi connectivity index (χ1v) is 7.50. The first kappa shape index (κ1) is 15.3. The Hall–Kier alpha value is -1.10. The molecule has 0 aliphatic carbocycles. The largest absolute Gasteiger partial charge is 0.497 e. The van der Waals surface area contributed by atoms with Gasteiger partial charge in [0.2, 0.25) is 0 Å². The highest BCUT2D eigenvalue weighted by Crippen LogP contribution is 2.20. The number of hydrogen-bond acceptors (Lipinski definition) is 4. The number of hydrogen-bond donors (Lipinski definition) is 2. The van der Waals surface area contributed by atoms with Gasteiger partial charge in [0.25, 0.3) is 0 Å². The molecule has 2 atom stereocenters. The quantitative estimate of drug-likeness (QED) is 0.798. The van der Waals surface area contributed by atoms with Gasteiger partial charge in [0.05, 0.1) is 13.2 Å². The third-order valence-electron chi connectivity index (χ3n) is 4.00. The van der Waals surface area contributed by atoms with Crippen molar-refractivity contribution in [2.75, 3.05) is 33.3 Å². The van der Waals surface area contributed by atoms with E-state index < -0.39 is 6.10 Å². The molecule has 1 aliphatic rings. The van der Waals surface area contributed by atoms with Crippen molar-refractivity contribution in [3.63, 3.8) is 0 Å². The zero-order valence-electron chi connectivity index (χ0n) is 12.5. The van der Waals surface area contributed by atoms with E-state index in [9.17, 15) is 5.11 Å². The molecule has 2 unspecified atom stereocenters. The Labute approximate surface area is 121 Å². The number of likely N-dealkylation sites (N-methyl/N-ethyl adjacent to an activating group) is 1. The van der Waals surface area contributed by atoms with Crippen LogP contribution in [0.1, 0.15) is 31.4 Å². The normalized spacial score (nSPS) is 20.3. The molecular weight excluding hydrogens is 252 g/mol. The third kappa shape index (κ3) is 4.20. The predicted octanol–water partition coefficient (Wildman–Crippen LogP) is 1.80. The lowest BCUT2D eigenvalue weighted by atomic mass is 10.1. The van der Waals surface area contributed by atoms with Gasteiger partial charge >= 0.3 is 0 Å². The Bertz CT molecular complexity index is 405. The maximum atomic E-state index is 10.4. The van der Waals surface area contributed by atoms with Gasteiger partial charge in [-0.15, -0.1) is 0 Å². The molecule has 1 aromatic carbocycles. The molecular formula is C16H26N2O2. The van der Waals surface area contributed by atoms with E-state index in [1.54, 1.807) is 7.11 Å². The van der Waals surface area contributed by atoms with Gasteiger partial charge in [-0.1, -0.05) is 19.1 Å². The SMILES string of the molecule is CCN(CC1CCCN1)CC(O)c1cccc(OC)c1. The van der Waals surface area contributed by atoms with Gasteiger partial charge in [-0.05, 0) is 43.6 Å². The Kier molecular flexibility index (Phi) is 5.83. The summed E-state index contributed by atoms with van der Waals surface area (Å²) in [6.07, 6.45) is 2.04. The van der Waals surface area contributed by atoms with E-state index in [1.807, 2.05) is 24.3 Å². The van der Waals surface area contributed by atoms with Crippen LogP contribution in [0.15, 0.2) is 24.3 Å². The molecule has 112 valence electrons. The van der Waals surface area contributed by atoms with E-state index in [-0.39, 0.29) is 0 Å². The monoisotopic (exact) mass is 278 g/mol. The maximum Gasteiger partial charge on any atom is 0.119 e. The molecule has 1 saturated heterocycles. The highest BCUT2D eigenvalue weighted by molar-refractivity contribution is 5.29. The van der Waals surface area contributed by atoms with E-state index in [4.69, 9.17) is 4.74 Å². The molecule has 1 aliphatic heterocycles. The van der Waals surface area contributed by atoms with E-state index >= 15 is 0 Å². The number of aliphatic hydroxyl groups excluding tert-OH is 1. The Morgan fingerprint density at radius 2 is 2.35 bits per heavy atom. The number of rotatable bonds is 7. The number of aliphatic hydroxyl groups is 1. The van der Waals surface area contributed by atoms with Gasteiger partial charge in [0.1, 0.15) is 5.75 Å². The highest BCUT2D eigenvalue weighted by atomic mass is 16.5. The molecule has 1 heterocycles. The van der Waals surface area contributed by atoms with Gasteiger partial charge in [0, 0.05) is 19.1 Å². The van der Waals surface area contributed by atoms with Gasteiger partial charge < -0.3 is 15.2 Å². The smallest absolute Gasteiger partial charge is 0.119 e. The Morgan fingerprint density at radius 1 is 1.50 bits per heavy atom. The summed E-state index contributed by atoms with van der Waals surface area (Å²) in [6, 6.07) is 8.26. The van der Waals surface area contributed by atoms with Crippen LogP contribution in [0.4, 0.5) is 0 Å². The lowest BCUT2D eigenvalue weighted by molar-refractivity contribution is 0.111. The van der Waals surface area contributed by atoms with Crippen molar-refractivity contribution in [3.8, 4) is 5.75 Å². The molecule has 2 rings (SSSR count). The summed E-state index contributed by atoms with van der Waals surface area (Å²) < 4.78 is 5.21. The molecule has 0 aromatic heterocycles. The first-order chi connectivity index (χ1) is 9.72. The molecule has 4 heteroatoms. The van der Waals surface area contributed by atoms with Crippen molar-refractivity contribution in [1.82, 2.24) is 10.2 Å². The fraction of sp³-hybridized carbons (Fsp3) is 0.625. The molecule has 0 bridgehead atoms. The number of ether oxygens (including phenoxy) is 1. The highest BCUT2D eigenvalue weighted by Gasteiger charge is 2.19. The molecule has 0 amide bonds. The van der Waals surface area contributed by atoms with Crippen LogP contribution in [0.3, 0.4) is 0 Å². The minimum absolute atomic E-state index is 0.466. The average molecular weight is 278 g/mol. The van der Waals surface area contributed by atoms with Crippen molar-refractivity contribution in [2.24, 2.45) is 0 Å². The van der Waals surface area contributed by atoms with E-state index in [1.165, 1.54) is 12.8 Å². The Morgan fingerprint density at radius 3 is 3.00 bits per heavy atom. The summed E-state index contributed by atoms with van der Waals surface area (Å²) >= 11 is 0. The zero-order valence-corrected chi connectivity index (χ0v) is 12.5. The van der Waals surface area contributed by atoms with Crippen LogP contribution in [0, 0.1) is 0 Å². The standard InChI is InChI=1S/C16H26N2O2/c1-3-18(11-14-7-5-9-17-14)12-16(19)13-6-4-8-15(10-13)20-2/h4,6,8,10,14,16-17,19H,3,5,7,9,11-12H2,1-2H3. The summed E-state index contributed by atoms with van der Waals surface area (Å²) in [7, 11) is 1.65. The summed E-state index contributed by atoms with van der Waals surface area (Å²) in [5.74, 6) is 0.794. The van der Waals surface area contributed by atoms with Crippen LogP contribution in [0.2, 0.25) is 0 Å². The summed E-state index contributed by atoms with van der Waals surface area (Å²) in [4.78, 5) is 2.31. The van der Waals surface area contributed by atoms with Gasteiger partial charge in [-0.3, -0.25) is 4.90 Å². The second-order valence-corrected chi connectivity index (χ2v) is 5.44. The molecule has 0 spiro atoms. The van der Waals surface area contributed by atoms with Crippen molar-refractivity contribution < 1.29 is 9.84 Å². The molecule has 0 saturated carbocycles. The second kappa shape index (κ2) is 7.62. The molecule has 20 heavy (non-hydrogen) atoms. The predicted molar refractivity (Wildman–Crippen MR) is 81.1 cm³/mol. The topological polar surface area (TPSA) is 44.7 Å². The summed E-state index contributed by atoms with van der Waals surface area (Å²) in [5, 5.41) is 13.9. The van der Waals surface area contributed by atoms with Gasteiger partial charge in [-0.2, -0.15) is 0 Å². The zero-order chi connectivity index (χ0) is 14.4. The van der Waals surface area contributed by atoms with Crippen LogP contribution in [0.25, 0.3) is 0 Å². The number of methoxy groups -OCH3 is 1. The molecule has 1 fully saturated rings. The van der Waals surface area contributed by atoms with Crippen LogP contribution in [-0.4, -0.2) is 49.3 Å². The number of nitrogens with zero attached hydrogens (tertiary/aromatic N) is 1. The molecule has 1 aromatic rings. The van der Waals surface area contributed by atoms with E-state index in [2.05, 4.69) is 17.1 Å². The van der Waals surface area contributed by atoms with Crippen molar-refractivity contribution >= 4 is 0 Å². The van der Waals surface area contributed by atoms with Gasteiger partial charge in [0.15, 0.2) is 0 Å². The summed E-state index contributed by atoms with van der Waals surface area (Å²) in [5.41, 5.74) is 0.919. The van der Waals surface area contributed by atoms with Gasteiger partial charge in [-0.25, -0.2) is 0 Å². The van der Waals surface area contributed by atoms with Crippen molar-refractivity contribution in [1.29, 1.82) is 0 Å². The summed E-state index contributed by atoms with van der Waals surface area (Å²) in [6.45, 7) is 5.91. The molecule has 0 radical (unpaired) electrons. The van der Waals surface area contributed by atoms with Crippen molar-refractivity contribution in [2.45, 2.75) is 31.9 Å². The molecule has 4 nitrogen and oxygen atoms in total. The van der Waals surface area contributed by atoms with Crippen LogP contribution >= 0.6 is 0 Å². The number of benzene rings is 1. The lowest BCUT2D eigenvalue weighted by Gasteiger charge is -2.26. The van der Waals surface area contributed by atoms with Crippen LogP contribution in [0.5, 0.6) is 5.75 Å². The fourth-order valence-electron chi connectivity index (χ4n) is 2.76. The Balaban J connectivity index is 1.91. The molecule has 2 N–H and O–H groups in total. The minimum atomic E-state index is -0.466. The van der Waals surface area contributed by atoms with Crippen LogP contribution in [-0.2, 0) is 0 Å². The second-order valence-electron chi connectivity index (χ2n) is 5.44. The lowest BCUT2D eigenvalue weighted by Crippen LogP contribution is -2.39. The average Bonchev–Trinajstić information content (AvgIpc) is 2.99. The number of nitrogens with one attached hydrogen (secondary N) is 1. The first-order valence-electron chi connectivity index (χ1n) is 7.50. The van der Waals surface area contributed by atoms with E-state index in [0.717, 1.165) is 30.9 Å². The minimum Gasteiger partial charge on any atom is -0.497 e. The third-order valence-corrected chi connectivity index (χ3v) is 4.00. The fourth-order valence-corrected chi connectivity index (χ4v) is 2.76. The maximum absolute atomic E-state index is 10.4.